The summed E-state index contributed by atoms with van der Waals surface area (Å²) in [5.41, 5.74) is 0. The van der Waals surface area contributed by atoms with E-state index >= 15 is 0 Å². The molecule has 0 saturated heterocycles. The lowest BCUT2D eigenvalue weighted by Gasteiger charge is -2.10. The maximum Gasteiger partial charge on any atom is 0.145 e. The van der Waals surface area contributed by atoms with Crippen LogP contribution in [0.25, 0.3) is 0 Å². The van der Waals surface area contributed by atoms with Crippen molar-refractivity contribution in [2.24, 2.45) is 0 Å². The van der Waals surface area contributed by atoms with Crippen molar-refractivity contribution in [1.82, 2.24) is 4.90 Å². The minimum Gasteiger partial charge on any atom is -0.492 e. The lowest BCUT2D eigenvalue weighted by molar-refractivity contribution is 0.260. The van der Waals surface area contributed by atoms with Crippen molar-refractivity contribution in [2.75, 3.05) is 27.2 Å². The van der Waals surface area contributed by atoms with Crippen LogP contribution in [0.15, 0.2) is 18.2 Å². The number of halogens is 2. The molecule has 14 heavy (non-hydrogen) atoms. The molecule has 78 valence electrons. The van der Waals surface area contributed by atoms with Gasteiger partial charge in [-0.05, 0) is 26.2 Å². The zero-order chi connectivity index (χ0) is 10.6. The molecular formula is C10H13ClFNO. The van der Waals surface area contributed by atoms with Crippen molar-refractivity contribution in [3.63, 3.8) is 0 Å². The lowest BCUT2D eigenvalue weighted by atomic mass is 10.3. The Labute approximate surface area is 88.2 Å². The predicted molar refractivity (Wildman–Crippen MR) is 55.5 cm³/mol. The van der Waals surface area contributed by atoms with Gasteiger partial charge in [0.25, 0.3) is 0 Å². The fourth-order valence-corrected chi connectivity index (χ4v) is 1.03. The molecule has 0 bridgehead atoms. The van der Waals surface area contributed by atoms with Crippen molar-refractivity contribution < 1.29 is 9.13 Å². The highest BCUT2D eigenvalue weighted by molar-refractivity contribution is 6.30. The summed E-state index contributed by atoms with van der Waals surface area (Å²) in [4.78, 5) is 1.99. The van der Waals surface area contributed by atoms with Gasteiger partial charge >= 0.3 is 0 Å². The molecule has 0 radical (unpaired) electrons. The average molecular weight is 218 g/mol. The van der Waals surface area contributed by atoms with Gasteiger partial charge in [-0.15, -0.1) is 0 Å². The monoisotopic (exact) mass is 217 g/mol. The summed E-state index contributed by atoms with van der Waals surface area (Å²) in [6.07, 6.45) is 0. The standard InChI is InChI=1S/C10H13ClFNO/c1-13(2)5-6-14-8-3-4-9(11)10(12)7-8/h3-4,7H,5-6H2,1-2H3. The highest BCUT2D eigenvalue weighted by Crippen LogP contribution is 2.20. The van der Waals surface area contributed by atoms with Crippen LogP contribution in [0.1, 0.15) is 0 Å². The second-order valence-electron chi connectivity index (χ2n) is 3.23. The molecule has 0 aliphatic rings. The molecule has 0 aliphatic heterocycles. The van der Waals surface area contributed by atoms with Crippen LogP contribution < -0.4 is 4.74 Å². The molecule has 0 spiro atoms. The average Bonchev–Trinajstić information content (AvgIpc) is 2.10. The Bertz CT molecular complexity index is 304. The summed E-state index contributed by atoms with van der Waals surface area (Å²) >= 11 is 5.53. The maximum absolute atomic E-state index is 12.9. The van der Waals surface area contributed by atoms with Gasteiger partial charge in [0, 0.05) is 12.6 Å². The molecule has 0 heterocycles. The lowest BCUT2D eigenvalue weighted by Crippen LogP contribution is -2.19. The first kappa shape index (κ1) is 11.3. The smallest absolute Gasteiger partial charge is 0.145 e. The Kier molecular flexibility index (Phi) is 4.17. The van der Waals surface area contributed by atoms with E-state index in [-0.39, 0.29) is 5.02 Å². The summed E-state index contributed by atoms with van der Waals surface area (Å²) in [5, 5.41) is 0.116. The van der Waals surface area contributed by atoms with Crippen LogP contribution in [0.2, 0.25) is 5.02 Å². The summed E-state index contributed by atoms with van der Waals surface area (Å²) < 4.78 is 18.3. The molecule has 1 rings (SSSR count). The summed E-state index contributed by atoms with van der Waals surface area (Å²) in [6.45, 7) is 1.33. The number of likely N-dealkylation sites (N-methyl/N-ethyl adjacent to an activating group) is 1. The van der Waals surface area contributed by atoms with E-state index < -0.39 is 5.82 Å². The molecule has 0 amide bonds. The van der Waals surface area contributed by atoms with Crippen molar-refractivity contribution in [2.45, 2.75) is 0 Å². The van der Waals surface area contributed by atoms with E-state index in [0.29, 0.717) is 12.4 Å². The molecule has 1 aromatic rings. The molecule has 0 saturated carbocycles. The Balaban J connectivity index is 2.47. The third-order valence-corrected chi connectivity index (χ3v) is 2.00. The summed E-state index contributed by atoms with van der Waals surface area (Å²) in [5.74, 6) is 0.0581. The van der Waals surface area contributed by atoms with Crippen molar-refractivity contribution in [1.29, 1.82) is 0 Å². The fourth-order valence-electron chi connectivity index (χ4n) is 0.913. The second kappa shape index (κ2) is 5.17. The van der Waals surface area contributed by atoms with Crippen LogP contribution in [0.3, 0.4) is 0 Å². The van der Waals surface area contributed by atoms with Crippen LogP contribution in [0, 0.1) is 5.82 Å². The SMILES string of the molecule is CN(C)CCOc1ccc(Cl)c(F)c1. The first-order valence-electron chi connectivity index (χ1n) is 4.32. The molecule has 1 aromatic carbocycles. The third-order valence-electron chi connectivity index (χ3n) is 1.70. The Hall–Kier alpha value is -0.800. The molecule has 4 heteroatoms. The van der Waals surface area contributed by atoms with E-state index in [4.69, 9.17) is 16.3 Å². The number of rotatable bonds is 4. The Morgan fingerprint density at radius 3 is 2.71 bits per heavy atom. The van der Waals surface area contributed by atoms with E-state index in [9.17, 15) is 4.39 Å². The molecule has 0 fully saturated rings. The van der Waals surface area contributed by atoms with Crippen molar-refractivity contribution in [3.8, 4) is 5.75 Å². The predicted octanol–water partition coefficient (Wildman–Crippen LogP) is 2.42. The zero-order valence-corrected chi connectivity index (χ0v) is 9.01. The van der Waals surface area contributed by atoms with E-state index in [0.717, 1.165) is 6.54 Å². The van der Waals surface area contributed by atoms with Gasteiger partial charge in [-0.1, -0.05) is 11.6 Å². The van der Waals surface area contributed by atoms with Crippen LogP contribution in [-0.4, -0.2) is 32.1 Å². The number of nitrogens with zero attached hydrogens (tertiary/aromatic N) is 1. The minimum absolute atomic E-state index is 0.116. The largest absolute Gasteiger partial charge is 0.492 e. The molecule has 0 unspecified atom stereocenters. The number of hydrogen-bond donors (Lipinski definition) is 0. The first-order chi connectivity index (χ1) is 6.59. The number of hydrogen-bond acceptors (Lipinski definition) is 2. The fraction of sp³-hybridized carbons (Fsp3) is 0.400. The van der Waals surface area contributed by atoms with Crippen molar-refractivity contribution in [3.05, 3.63) is 29.0 Å². The summed E-state index contributed by atoms with van der Waals surface area (Å²) in [6, 6.07) is 4.43. The van der Waals surface area contributed by atoms with E-state index in [2.05, 4.69) is 0 Å². The molecule has 0 aromatic heterocycles. The second-order valence-corrected chi connectivity index (χ2v) is 3.63. The van der Waals surface area contributed by atoms with Gasteiger partial charge in [-0.2, -0.15) is 0 Å². The Morgan fingerprint density at radius 2 is 2.14 bits per heavy atom. The zero-order valence-electron chi connectivity index (χ0n) is 8.26. The number of benzene rings is 1. The highest BCUT2D eigenvalue weighted by atomic mass is 35.5. The Morgan fingerprint density at radius 1 is 1.43 bits per heavy atom. The van der Waals surface area contributed by atoms with Gasteiger partial charge in [0.05, 0.1) is 5.02 Å². The molecule has 0 N–H and O–H groups in total. The first-order valence-corrected chi connectivity index (χ1v) is 4.70. The number of ether oxygens (including phenoxy) is 1. The maximum atomic E-state index is 12.9. The molecule has 0 atom stereocenters. The van der Waals surface area contributed by atoms with Crippen LogP contribution in [0.4, 0.5) is 4.39 Å². The van der Waals surface area contributed by atoms with Crippen molar-refractivity contribution >= 4 is 11.6 Å². The third kappa shape index (κ3) is 3.52. The topological polar surface area (TPSA) is 12.5 Å². The van der Waals surface area contributed by atoms with E-state index in [1.165, 1.54) is 12.1 Å². The van der Waals surface area contributed by atoms with Gasteiger partial charge in [-0.25, -0.2) is 4.39 Å². The molecule has 2 nitrogen and oxygen atoms in total. The molecular weight excluding hydrogens is 205 g/mol. The highest BCUT2D eigenvalue weighted by Gasteiger charge is 2.01. The van der Waals surface area contributed by atoms with Gasteiger partial charge < -0.3 is 9.64 Å². The minimum atomic E-state index is -0.450. The van der Waals surface area contributed by atoms with Crippen LogP contribution in [0.5, 0.6) is 5.75 Å². The van der Waals surface area contributed by atoms with Gasteiger partial charge in [0.2, 0.25) is 0 Å². The van der Waals surface area contributed by atoms with E-state index in [1.54, 1.807) is 6.07 Å². The van der Waals surface area contributed by atoms with Gasteiger partial charge in [0.1, 0.15) is 18.2 Å². The summed E-state index contributed by atoms with van der Waals surface area (Å²) in [7, 11) is 3.90. The normalized spacial score (nSPS) is 10.6. The van der Waals surface area contributed by atoms with Crippen LogP contribution in [-0.2, 0) is 0 Å². The van der Waals surface area contributed by atoms with Gasteiger partial charge in [0.15, 0.2) is 0 Å². The van der Waals surface area contributed by atoms with E-state index in [1.807, 2.05) is 19.0 Å². The van der Waals surface area contributed by atoms with Crippen LogP contribution >= 0.6 is 11.6 Å². The van der Waals surface area contributed by atoms with Gasteiger partial charge in [-0.3, -0.25) is 0 Å². The molecule has 0 aliphatic carbocycles. The quantitative estimate of drug-likeness (QED) is 0.768.